The minimum atomic E-state index is -2.55. The predicted octanol–water partition coefficient (Wildman–Crippen LogP) is 2.34. The van der Waals surface area contributed by atoms with Gasteiger partial charge in [-0.05, 0) is 12.8 Å². The Labute approximate surface area is 58.9 Å². The van der Waals surface area contributed by atoms with Gasteiger partial charge in [-0.1, -0.05) is 0 Å². The molecule has 0 aromatic rings. The standard InChI is InChI=1S/C7H9F2N/c1-10-5-4-7(8,9)6-2-3-6/h6H,2-5H2. The lowest BCUT2D eigenvalue weighted by Crippen LogP contribution is -2.19. The van der Waals surface area contributed by atoms with Crippen molar-refractivity contribution in [2.24, 2.45) is 5.92 Å². The molecule has 0 aromatic carbocycles. The minimum Gasteiger partial charge on any atom is -0.317 e. The summed E-state index contributed by atoms with van der Waals surface area (Å²) in [6.45, 7) is 6.30. The van der Waals surface area contributed by atoms with E-state index in [0.717, 1.165) is 0 Å². The minimum absolute atomic E-state index is 0.0382. The van der Waals surface area contributed by atoms with Gasteiger partial charge in [0, 0.05) is 5.92 Å². The normalized spacial score (nSPS) is 18.5. The molecule has 10 heavy (non-hydrogen) atoms. The topological polar surface area (TPSA) is 4.36 Å². The molecule has 1 nitrogen and oxygen atoms in total. The number of rotatable bonds is 3. The van der Waals surface area contributed by atoms with Gasteiger partial charge in [-0.2, -0.15) is 0 Å². The van der Waals surface area contributed by atoms with Crippen LogP contribution in [0.25, 0.3) is 4.85 Å². The van der Waals surface area contributed by atoms with Gasteiger partial charge in [0.05, 0.1) is 6.42 Å². The van der Waals surface area contributed by atoms with Crippen molar-refractivity contribution in [1.82, 2.24) is 0 Å². The Hall–Kier alpha value is -0.650. The zero-order valence-corrected chi connectivity index (χ0v) is 5.61. The van der Waals surface area contributed by atoms with E-state index in [-0.39, 0.29) is 13.0 Å². The molecule has 3 heteroatoms. The fourth-order valence-corrected chi connectivity index (χ4v) is 0.915. The maximum absolute atomic E-state index is 12.7. The van der Waals surface area contributed by atoms with Crippen molar-refractivity contribution < 1.29 is 8.78 Å². The lowest BCUT2D eigenvalue weighted by atomic mass is 10.1. The van der Waals surface area contributed by atoms with Crippen LogP contribution in [0.3, 0.4) is 0 Å². The smallest absolute Gasteiger partial charge is 0.258 e. The molecule has 0 N–H and O–H groups in total. The molecule has 0 spiro atoms. The van der Waals surface area contributed by atoms with Crippen molar-refractivity contribution in [2.45, 2.75) is 25.2 Å². The number of hydrogen-bond donors (Lipinski definition) is 0. The number of alkyl halides is 2. The lowest BCUT2D eigenvalue weighted by Gasteiger charge is -2.10. The van der Waals surface area contributed by atoms with Crippen LogP contribution in [0.15, 0.2) is 0 Å². The van der Waals surface area contributed by atoms with Crippen molar-refractivity contribution in [1.29, 1.82) is 0 Å². The summed E-state index contributed by atoms with van der Waals surface area (Å²) in [4.78, 5) is 2.90. The Morgan fingerprint density at radius 1 is 1.50 bits per heavy atom. The molecule has 0 bridgehead atoms. The van der Waals surface area contributed by atoms with Crippen LogP contribution < -0.4 is 0 Å². The second-order valence-corrected chi connectivity index (χ2v) is 2.67. The van der Waals surface area contributed by atoms with E-state index < -0.39 is 11.8 Å². The van der Waals surface area contributed by atoms with Crippen LogP contribution in [0.2, 0.25) is 0 Å². The molecule has 0 aliphatic heterocycles. The first-order valence-electron chi connectivity index (χ1n) is 3.38. The molecule has 56 valence electrons. The second-order valence-electron chi connectivity index (χ2n) is 2.67. The van der Waals surface area contributed by atoms with Gasteiger partial charge < -0.3 is 4.85 Å². The van der Waals surface area contributed by atoms with Gasteiger partial charge in [-0.3, -0.25) is 0 Å². The molecule has 0 atom stereocenters. The molecule has 0 aromatic heterocycles. The monoisotopic (exact) mass is 145 g/mol. The zero-order chi connectivity index (χ0) is 7.61. The highest BCUT2D eigenvalue weighted by atomic mass is 19.3. The maximum Gasteiger partial charge on any atom is 0.258 e. The number of nitrogens with zero attached hydrogens (tertiary/aromatic N) is 1. The Balaban J connectivity index is 2.29. The van der Waals surface area contributed by atoms with Crippen LogP contribution in [-0.4, -0.2) is 12.5 Å². The Morgan fingerprint density at radius 3 is 2.50 bits per heavy atom. The van der Waals surface area contributed by atoms with E-state index in [0.29, 0.717) is 12.8 Å². The third-order valence-electron chi connectivity index (χ3n) is 1.73. The summed E-state index contributed by atoms with van der Waals surface area (Å²) >= 11 is 0. The van der Waals surface area contributed by atoms with Gasteiger partial charge in [0.25, 0.3) is 5.92 Å². The van der Waals surface area contributed by atoms with Crippen molar-refractivity contribution in [2.75, 3.05) is 6.54 Å². The molecule has 1 saturated carbocycles. The molecular weight excluding hydrogens is 136 g/mol. The van der Waals surface area contributed by atoms with E-state index in [2.05, 4.69) is 4.85 Å². The van der Waals surface area contributed by atoms with Gasteiger partial charge >= 0.3 is 0 Å². The van der Waals surface area contributed by atoms with Gasteiger partial charge in [0.1, 0.15) is 0 Å². The Morgan fingerprint density at radius 2 is 2.10 bits per heavy atom. The predicted molar refractivity (Wildman–Crippen MR) is 33.8 cm³/mol. The maximum atomic E-state index is 12.7. The van der Waals surface area contributed by atoms with E-state index in [1.807, 2.05) is 0 Å². The first-order valence-corrected chi connectivity index (χ1v) is 3.38. The van der Waals surface area contributed by atoms with Crippen molar-refractivity contribution in [3.05, 3.63) is 11.4 Å². The summed E-state index contributed by atoms with van der Waals surface area (Å²) in [6.07, 6.45) is 1.04. The zero-order valence-electron chi connectivity index (χ0n) is 5.61. The van der Waals surface area contributed by atoms with Gasteiger partial charge in [0.2, 0.25) is 6.54 Å². The largest absolute Gasteiger partial charge is 0.317 e. The fourth-order valence-electron chi connectivity index (χ4n) is 0.915. The lowest BCUT2D eigenvalue weighted by molar-refractivity contribution is -0.0264. The van der Waals surface area contributed by atoms with Crippen LogP contribution in [0.4, 0.5) is 8.78 Å². The Kier molecular flexibility index (Phi) is 1.89. The highest BCUT2D eigenvalue weighted by Crippen LogP contribution is 2.45. The van der Waals surface area contributed by atoms with E-state index in [1.165, 1.54) is 0 Å². The Bertz CT molecular complexity index is 155. The molecule has 1 fully saturated rings. The SMILES string of the molecule is [C-]#[N+]CCC(F)(F)C1CC1. The van der Waals surface area contributed by atoms with E-state index in [9.17, 15) is 8.78 Å². The third-order valence-corrected chi connectivity index (χ3v) is 1.73. The first-order chi connectivity index (χ1) is 4.67. The fraction of sp³-hybridized carbons (Fsp3) is 0.857. The third kappa shape index (κ3) is 1.66. The number of halogens is 2. The average molecular weight is 145 g/mol. The molecule has 0 heterocycles. The van der Waals surface area contributed by atoms with Crippen molar-refractivity contribution in [3.63, 3.8) is 0 Å². The van der Waals surface area contributed by atoms with E-state index >= 15 is 0 Å². The summed E-state index contributed by atoms with van der Waals surface area (Å²) in [7, 11) is 0. The van der Waals surface area contributed by atoms with E-state index in [4.69, 9.17) is 6.57 Å². The second kappa shape index (κ2) is 2.53. The average Bonchev–Trinajstić information content (AvgIpc) is 2.64. The first kappa shape index (κ1) is 7.46. The number of hydrogen-bond acceptors (Lipinski definition) is 0. The van der Waals surface area contributed by atoms with E-state index in [1.54, 1.807) is 0 Å². The van der Waals surface area contributed by atoms with Crippen LogP contribution in [-0.2, 0) is 0 Å². The summed E-state index contributed by atoms with van der Waals surface area (Å²) in [5.74, 6) is -2.96. The van der Waals surface area contributed by atoms with Crippen LogP contribution in [0, 0.1) is 12.5 Å². The molecule has 1 aliphatic rings. The van der Waals surface area contributed by atoms with Gasteiger partial charge in [0.15, 0.2) is 0 Å². The molecule has 1 rings (SSSR count). The molecule has 0 unspecified atom stereocenters. The highest BCUT2D eigenvalue weighted by molar-refractivity contribution is 4.88. The van der Waals surface area contributed by atoms with Gasteiger partial charge in [-0.15, -0.1) is 0 Å². The van der Waals surface area contributed by atoms with Crippen molar-refractivity contribution >= 4 is 0 Å². The summed E-state index contributed by atoms with van der Waals surface area (Å²) in [6, 6.07) is 0. The van der Waals surface area contributed by atoms with Crippen LogP contribution in [0.1, 0.15) is 19.3 Å². The van der Waals surface area contributed by atoms with Crippen LogP contribution in [0.5, 0.6) is 0 Å². The highest BCUT2D eigenvalue weighted by Gasteiger charge is 2.46. The molecule has 0 radical (unpaired) electrons. The molecule has 0 saturated heterocycles. The molecule has 0 amide bonds. The van der Waals surface area contributed by atoms with Crippen molar-refractivity contribution in [3.8, 4) is 0 Å². The summed E-state index contributed by atoms with van der Waals surface area (Å²) < 4.78 is 25.3. The molecule has 1 aliphatic carbocycles. The summed E-state index contributed by atoms with van der Waals surface area (Å²) in [5, 5.41) is 0. The quantitative estimate of drug-likeness (QED) is 0.537. The molecular formula is C7H9F2N. The van der Waals surface area contributed by atoms with Crippen LogP contribution >= 0.6 is 0 Å². The summed E-state index contributed by atoms with van der Waals surface area (Å²) in [5.41, 5.74) is 0. The van der Waals surface area contributed by atoms with Gasteiger partial charge in [-0.25, -0.2) is 15.4 Å².